The van der Waals surface area contributed by atoms with Crippen molar-refractivity contribution >= 4 is 12.0 Å². The number of ether oxygens (including phenoxy) is 1. The Labute approximate surface area is 124 Å². The Bertz CT molecular complexity index is 630. The largest absolute Gasteiger partial charge is 0.507 e. The molecule has 0 saturated heterocycles. The van der Waals surface area contributed by atoms with E-state index in [4.69, 9.17) is 4.74 Å². The number of phenolic OH excluding ortho intramolecular Hbond substituents is 1. The summed E-state index contributed by atoms with van der Waals surface area (Å²) in [6, 6.07) is 16.7. The van der Waals surface area contributed by atoms with Crippen molar-refractivity contribution in [1.82, 2.24) is 0 Å². The standard InChI is InChI=1S/C18H18O3/c1-14(13-16-9-5-6-10-17(16)19)18(20)21-12-11-15-7-3-2-4-8-15/h2-10,13,19H,11-12H2,1H3. The van der Waals surface area contributed by atoms with Crippen LogP contribution in [0.25, 0.3) is 6.08 Å². The molecule has 1 N–H and O–H groups in total. The average Bonchev–Trinajstić information content (AvgIpc) is 2.50. The molecule has 0 atom stereocenters. The first-order valence-corrected chi connectivity index (χ1v) is 6.84. The molecule has 0 amide bonds. The van der Waals surface area contributed by atoms with E-state index >= 15 is 0 Å². The number of benzene rings is 2. The summed E-state index contributed by atoms with van der Waals surface area (Å²) in [5.41, 5.74) is 2.20. The first kappa shape index (κ1) is 14.9. The van der Waals surface area contributed by atoms with Crippen molar-refractivity contribution in [1.29, 1.82) is 0 Å². The van der Waals surface area contributed by atoms with Gasteiger partial charge in [0, 0.05) is 17.6 Å². The lowest BCUT2D eigenvalue weighted by Gasteiger charge is -2.06. The van der Waals surface area contributed by atoms with E-state index in [-0.39, 0.29) is 11.7 Å². The highest BCUT2D eigenvalue weighted by Gasteiger charge is 2.07. The van der Waals surface area contributed by atoms with Crippen LogP contribution in [0.4, 0.5) is 0 Å². The molecule has 2 rings (SSSR count). The minimum Gasteiger partial charge on any atom is -0.507 e. The molecule has 21 heavy (non-hydrogen) atoms. The summed E-state index contributed by atoms with van der Waals surface area (Å²) in [7, 11) is 0. The summed E-state index contributed by atoms with van der Waals surface area (Å²) >= 11 is 0. The molecule has 0 saturated carbocycles. The highest BCUT2D eigenvalue weighted by molar-refractivity contribution is 5.93. The van der Waals surface area contributed by atoms with Gasteiger partial charge in [-0.1, -0.05) is 48.5 Å². The normalized spacial score (nSPS) is 11.2. The summed E-state index contributed by atoms with van der Waals surface area (Å²) < 4.78 is 5.23. The maximum absolute atomic E-state index is 11.9. The fourth-order valence-electron chi connectivity index (χ4n) is 1.92. The van der Waals surface area contributed by atoms with E-state index in [9.17, 15) is 9.90 Å². The molecule has 0 fully saturated rings. The van der Waals surface area contributed by atoms with Crippen LogP contribution in [-0.2, 0) is 16.0 Å². The summed E-state index contributed by atoms with van der Waals surface area (Å²) in [6.07, 6.45) is 2.32. The molecular weight excluding hydrogens is 264 g/mol. The highest BCUT2D eigenvalue weighted by atomic mass is 16.5. The Hall–Kier alpha value is -2.55. The van der Waals surface area contributed by atoms with E-state index in [1.807, 2.05) is 30.3 Å². The lowest BCUT2D eigenvalue weighted by molar-refractivity contribution is -0.138. The molecule has 0 unspecified atom stereocenters. The Morgan fingerprint density at radius 1 is 1.10 bits per heavy atom. The number of hydrogen-bond acceptors (Lipinski definition) is 3. The van der Waals surface area contributed by atoms with Gasteiger partial charge >= 0.3 is 5.97 Å². The quantitative estimate of drug-likeness (QED) is 0.673. The number of hydrogen-bond donors (Lipinski definition) is 1. The van der Waals surface area contributed by atoms with Crippen molar-refractivity contribution in [3.05, 3.63) is 71.3 Å². The third-order valence-corrected chi connectivity index (χ3v) is 3.10. The Morgan fingerprint density at radius 3 is 2.48 bits per heavy atom. The minimum atomic E-state index is -0.366. The van der Waals surface area contributed by atoms with Gasteiger partial charge in [-0.3, -0.25) is 0 Å². The summed E-state index contributed by atoms with van der Waals surface area (Å²) in [5, 5.41) is 9.67. The minimum absolute atomic E-state index is 0.147. The second-order valence-corrected chi connectivity index (χ2v) is 4.76. The van der Waals surface area contributed by atoms with E-state index in [1.165, 1.54) is 0 Å². The van der Waals surface area contributed by atoms with Crippen LogP contribution in [0.3, 0.4) is 0 Å². The van der Waals surface area contributed by atoms with Crippen molar-refractivity contribution in [3.63, 3.8) is 0 Å². The van der Waals surface area contributed by atoms with Crippen LogP contribution >= 0.6 is 0 Å². The molecular formula is C18H18O3. The fraction of sp³-hybridized carbons (Fsp3) is 0.167. The number of para-hydroxylation sites is 1. The van der Waals surface area contributed by atoms with Crippen LogP contribution in [0.1, 0.15) is 18.1 Å². The summed E-state index contributed by atoms with van der Waals surface area (Å²) in [4.78, 5) is 11.9. The number of aromatic hydroxyl groups is 1. The van der Waals surface area contributed by atoms with Crippen molar-refractivity contribution in [3.8, 4) is 5.75 Å². The van der Waals surface area contributed by atoms with Gasteiger partial charge in [0.1, 0.15) is 5.75 Å². The molecule has 108 valence electrons. The van der Waals surface area contributed by atoms with Crippen LogP contribution in [-0.4, -0.2) is 17.7 Å². The van der Waals surface area contributed by atoms with Crippen LogP contribution in [0, 0.1) is 0 Å². The van der Waals surface area contributed by atoms with E-state index in [0.717, 1.165) is 5.56 Å². The zero-order valence-corrected chi connectivity index (χ0v) is 12.0. The number of carbonyl (C=O) groups excluding carboxylic acids is 1. The number of rotatable bonds is 5. The Balaban J connectivity index is 1.90. The molecule has 0 spiro atoms. The average molecular weight is 282 g/mol. The van der Waals surface area contributed by atoms with Crippen LogP contribution in [0.2, 0.25) is 0 Å². The first-order chi connectivity index (χ1) is 10.2. The van der Waals surface area contributed by atoms with E-state index in [2.05, 4.69) is 0 Å². The molecule has 3 nitrogen and oxygen atoms in total. The zero-order valence-electron chi connectivity index (χ0n) is 12.0. The molecule has 0 aromatic heterocycles. The second kappa shape index (κ2) is 7.29. The smallest absolute Gasteiger partial charge is 0.333 e. The number of carbonyl (C=O) groups is 1. The fourth-order valence-corrected chi connectivity index (χ4v) is 1.92. The van der Waals surface area contributed by atoms with Crippen molar-refractivity contribution < 1.29 is 14.6 Å². The van der Waals surface area contributed by atoms with Crippen molar-refractivity contribution in [2.75, 3.05) is 6.61 Å². The monoisotopic (exact) mass is 282 g/mol. The predicted molar refractivity (Wildman–Crippen MR) is 82.9 cm³/mol. The van der Waals surface area contributed by atoms with E-state index in [0.29, 0.717) is 24.2 Å². The van der Waals surface area contributed by atoms with Gasteiger partial charge in [0.05, 0.1) is 6.61 Å². The van der Waals surface area contributed by atoms with Crippen LogP contribution in [0.5, 0.6) is 5.75 Å². The lowest BCUT2D eigenvalue weighted by atomic mass is 10.1. The lowest BCUT2D eigenvalue weighted by Crippen LogP contribution is -2.08. The molecule has 2 aromatic rings. The molecule has 0 aliphatic carbocycles. The van der Waals surface area contributed by atoms with Crippen LogP contribution in [0.15, 0.2) is 60.2 Å². The van der Waals surface area contributed by atoms with Gasteiger partial charge < -0.3 is 9.84 Å². The Morgan fingerprint density at radius 2 is 1.76 bits per heavy atom. The zero-order chi connectivity index (χ0) is 15.1. The predicted octanol–water partition coefficient (Wildman–Crippen LogP) is 3.58. The number of esters is 1. The third-order valence-electron chi connectivity index (χ3n) is 3.10. The van der Waals surface area contributed by atoms with Crippen molar-refractivity contribution in [2.24, 2.45) is 0 Å². The van der Waals surface area contributed by atoms with E-state index in [1.54, 1.807) is 37.3 Å². The van der Waals surface area contributed by atoms with Gasteiger partial charge in [-0.15, -0.1) is 0 Å². The molecule has 0 heterocycles. The maximum atomic E-state index is 11.9. The molecule has 0 bridgehead atoms. The second-order valence-electron chi connectivity index (χ2n) is 4.76. The molecule has 0 radical (unpaired) electrons. The maximum Gasteiger partial charge on any atom is 0.333 e. The summed E-state index contributed by atoms with van der Waals surface area (Å²) in [6.45, 7) is 2.02. The molecule has 3 heteroatoms. The van der Waals surface area contributed by atoms with Crippen LogP contribution < -0.4 is 0 Å². The summed E-state index contributed by atoms with van der Waals surface area (Å²) in [5.74, 6) is -0.219. The third kappa shape index (κ3) is 4.49. The SMILES string of the molecule is CC(=Cc1ccccc1O)C(=O)OCCc1ccccc1. The highest BCUT2D eigenvalue weighted by Crippen LogP contribution is 2.19. The molecule has 0 aliphatic rings. The van der Waals surface area contributed by atoms with Gasteiger partial charge in [0.2, 0.25) is 0 Å². The van der Waals surface area contributed by atoms with Gasteiger partial charge in [0.15, 0.2) is 0 Å². The number of phenols is 1. The van der Waals surface area contributed by atoms with E-state index < -0.39 is 0 Å². The first-order valence-electron chi connectivity index (χ1n) is 6.84. The topological polar surface area (TPSA) is 46.5 Å². The molecule has 0 aliphatic heterocycles. The van der Waals surface area contributed by atoms with Gasteiger partial charge in [-0.05, 0) is 24.6 Å². The van der Waals surface area contributed by atoms with Gasteiger partial charge in [-0.2, -0.15) is 0 Å². The Kier molecular flexibility index (Phi) is 5.16. The van der Waals surface area contributed by atoms with Crippen molar-refractivity contribution in [2.45, 2.75) is 13.3 Å². The molecule has 2 aromatic carbocycles. The van der Waals surface area contributed by atoms with Gasteiger partial charge in [0.25, 0.3) is 0 Å². The van der Waals surface area contributed by atoms with Gasteiger partial charge in [-0.25, -0.2) is 4.79 Å².